The molecule has 2 N–H and O–H groups in total. The Hall–Kier alpha value is -2.37. The molecule has 1 aromatic carbocycles. The molecule has 2 amide bonds. The number of benzene rings is 1. The molecular weight excluding hydrogens is 332 g/mol. The quantitative estimate of drug-likeness (QED) is 0.846. The van der Waals surface area contributed by atoms with Gasteiger partial charge in [0.15, 0.2) is 0 Å². The Kier molecular flexibility index (Phi) is 5.59. The Morgan fingerprint density at radius 2 is 1.58 bits per heavy atom. The maximum absolute atomic E-state index is 12.6. The van der Waals surface area contributed by atoms with Crippen molar-refractivity contribution in [2.45, 2.75) is 51.0 Å². The van der Waals surface area contributed by atoms with Crippen LogP contribution in [0.5, 0.6) is 0 Å². The number of carboxylic acid groups (broad SMARTS) is 1. The number of carbonyl (C=O) groups excluding carboxylic acids is 2. The molecule has 0 heterocycles. The smallest absolute Gasteiger partial charge is 0.307 e. The van der Waals surface area contributed by atoms with Gasteiger partial charge >= 0.3 is 5.97 Å². The van der Waals surface area contributed by atoms with Gasteiger partial charge in [0.2, 0.25) is 5.91 Å². The lowest BCUT2D eigenvalue weighted by Gasteiger charge is -2.32. The van der Waals surface area contributed by atoms with Crippen LogP contribution in [0.3, 0.4) is 0 Å². The highest BCUT2D eigenvalue weighted by Gasteiger charge is 2.41. The molecule has 3 rings (SSSR count). The Labute approximate surface area is 153 Å². The molecule has 2 aliphatic carbocycles. The van der Waals surface area contributed by atoms with Gasteiger partial charge in [-0.15, -0.1) is 0 Å². The van der Waals surface area contributed by atoms with Crippen LogP contribution >= 0.6 is 0 Å². The first-order chi connectivity index (χ1) is 12.5. The van der Waals surface area contributed by atoms with E-state index in [0.29, 0.717) is 30.1 Å². The molecule has 1 aromatic rings. The van der Waals surface area contributed by atoms with Gasteiger partial charge < -0.3 is 15.3 Å². The van der Waals surface area contributed by atoms with Crippen molar-refractivity contribution in [1.29, 1.82) is 0 Å². The van der Waals surface area contributed by atoms with Gasteiger partial charge in [0.25, 0.3) is 5.91 Å². The Morgan fingerprint density at radius 1 is 0.962 bits per heavy atom. The molecule has 0 aromatic heterocycles. The minimum absolute atomic E-state index is 0.000268. The van der Waals surface area contributed by atoms with E-state index >= 15 is 0 Å². The molecule has 6 nitrogen and oxygen atoms in total. The predicted molar refractivity (Wildman–Crippen MR) is 97.9 cm³/mol. The SMILES string of the molecule is CN(C(=O)c1ccc(NC(=O)C2CCC2C(=O)O)cc1)C1CCCCC1. The van der Waals surface area contributed by atoms with Crippen LogP contribution in [0.25, 0.3) is 0 Å². The Balaban J connectivity index is 1.58. The van der Waals surface area contributed by atoms with E-state index in [4.69, 9.17) is 5.11 Å². The molecular formula is C20H26N2O4. The first-order valence-corrected chi connectivity index (χ1v) is 9.38. The first-order valence-electron chi connectivity index (χ1n) is 9.38. The lowest BCUT2D eigenvalue weighted by Crippen LogP contribution is -2.41. The topological polar surface area (TPSA) is 86.7 Å². The molecule has 2 aliphatic rings. The van der Waals surface area contributed by atoms with Crippen LogP contribution in [0.15, 0.2) is 24.3 Å². The summed E-state index contributed by atoms with van der Waals surface area (Å²) >= 11 is 0. The van der Waals surface area contributed by atoms with Crippen LogP contribution in [0.4, 0.5) is 5.69 Å². The molecule has 0 saturated heterocycles. The van der Waals surface area contributed by atoms with Crippen molar-refractivity contribution in [2.24, 2.45) is 11.8 Å². The van der Waals surface area contributed by atoms with Gasteiger partial charge in [-0.1, -0.05) is 19.3 Å². The molecule has 6 heteroatoms. The number of hydrogen-bond donors (Lipinski definition) is 2. The number of nitrogens with zero attached hydrogens (tertiary/aromatic N) is 1. The van der Waals surface area contributed by atoms with Crippen molar-refractivity contribution in [3.05, 3.63) is 29.8 Å². The maximum atomic E-state index is 12.6. The molecule has 2 unspecified atom stereocenters. The molecule has 0 bridgehead atoms. The molecule has 2 saturated carbocycles. The number of amides is 2. The zero-order chi connectivity index (χ0) is 18.7. The molecule has 140 valence electrons. The van der Waals surface area contributed by atoms with Crippen molar-refractivity contribution < 1.29 is 19.5 Å². The fourth-order valence-corrected chi connectivity index (χ4v) is 3.88. The van der Waals surface area contributed by atoms with Crippen LogP contribution in [-0.2, 0) is 9.59 Å². The zero-order valence-corrected chi connectivity index (χ0v) is 15.1. The van der Waals surface area contributed by atoms with Gasteiger partial charge in [-0.3, -0.25) is 14.4 Å². The van der Waals surface area contributed by atoms with E-state index in [1.807, 2.05) is 11.9 Å². The Morgan fingerprint density at radius 3 is 2.12 bits per heavy atom. The summed E-state index contributed by atoms with van der Waals surface area (Å²) in [4.78, 5) is 37.7. The lowest BCUT2D eigenvalue weighted by molar-refractivity contribution is -0.151. The van der Waals surface area contributed by atoms with E-state index in [9.17, 15) is 14.4 Å². The molecule has 26 heavy (non-hydrogen) atoms. The van der Waals surface area contributed by atoms with E-state index < -0.39 is 17.8 Å². The van der Waals surface area contributed by atoms with E-state index in [1.54, 1.807) is 24.3 Å². The van der Waals surface area contributed by atoms with Gasteiger partial charge in [0.05, 0.1) is 11.8 Å². The average molecular weight is 358 g/mol. The van der Waals surface area contributed by atoms with Gasteiger partial charge in [-0.2, -0.15) is 0 Å². The van der Waals surface area contributed by atoms with Gasteiger partial charge in [0, 0.05) is 24.3 Å². The largest absolute Gasteiger partial charge is 0.481 e. The zero-order valence-electron chi connectivity index (χ0n) is 15.1. The second-order valence-corrected chi connectivity index (χ2v) is 7.40. The van der Waals surface area contributed by atoms with Crippen LogP contribution in [0.2, 0.25) is 0 Å². The summed E-state index contributed by atoms with van der Waals surface area (Å²) in [5.74, 6) is -2.23. The van der Waals surface area contributed by atoms with Crippen LogP contribution in [-0.4, -0.2) is 40.9 Å². The van der Waals surface area contributed by atoms with Crippen molar-refractivity contribution >= 4 is 23.5 Å². The van der Waals surface area contributed by atoms with Gasteiger partial charge in [0.1, 0.15) is 0 Å². The highest BCUT2D eigenvalue weighted by atomic mass is 16.4. The number of rotatable bonds is 5. The van der Waals surface area contributed by atoms with Crippen LogP contribution < -0.4 is 5.32 Å². The summed E-state index contributed by atoms with van der Waals surface area (Å²) < 4.78 is 0. The molecule has 2 atom stereocenters. The highest BCUT2D eigenvalue weighted by Crippen LogP contribution is 2.35. The summed E-state index contributed by atoms with van der Waals surface area (Å²) in [5, 5.41) is 11.8. The summed E-state index contributed by atoms with van der Waals surface area (Å²) in [6, 6.07) is 7.14. The minimum Gasteiger partial charge on any atom is -0.481 e. The third-order valence-electron chi connectivity index (χ3n) is 5.77. The number of aliphatic carboxylic acids is 1. The second kappa shape index (κ2) is 7.89. The minimum atomic E-state index is -0.914. The standard InChI is InChI=1S/C20H26N2O4/c1-22(15-5-3-2-4-6-15)19(24)13-7-9-14(10-8-13)21-18(23)16-11-12-17(16)20(25)26/h7-10,15-17H,2-6,11-12H2,1H3,(H,21,23)(H,25,26). The summed E-state index contributed by atoms with van der Waals surface area (Å²) in [5.41, 5.74) is 1.19. The third kappa shape index (κ3) is 3.89. The first kappa shape index (κ1) is 18.4. The summed E-state index contributed by atoms with van der Waals surface area (Å²) in [6.45, 7) is 0. The fraction of sp³-hybridized carbons (Fsp3) is 0.550. The average Bonchev–Trinajstić information content (AvgIpc) is 2.60. The third-order valence-corrected chi connectivity index (χ3v) is 5.77. The lowest BCUT2D eigenvalue weighted by atomic mass is 9.73. The predicted octanol–water partition coefficient (Wildman–Crippen LogP) is 3.14. The molecule has 0 spiro atoms. The van der Waals surface area contributed by atoms with Crippen molar-refractivity contribution in [1.82, 2.24) is 4.90 Å². The van der Waals surface area contributed by atoms with Crippen molar-refractivity contribution in [3.63, 3.8) is 0 Å². The van der Waals surface area contributed by atoms with Crippen molar-refractivity contribution in [2.75, 3.05) is 12.4 Å². The number of anilines is 1. The Bertz CT molecular complexity index is 680. The molecule has 2 fully saturated rings. The number of carbonyl (C=O) groups is 3. The second-order valence-electron chi connectivity index (χ2n) is 7.40. The van der Waals surface area contributed by atoms with Crippen molar-refractivity contribution in [3.8, 4) is 0 Å². The number of hydrogen-bond acceptors (Lipinski definition) is 3. The number of nitrogens with one attached hydrogen (secondary N) is 1. The molecule has 0 radical (unpaired) electrons. The van der Waals surface area contributed by atoms with Crippen LogP contribution in [0.1, 0.15) is 55.3 Å². The van der Waals surface area contributed by atoms with E-state index in [-0.39, 0.29) is 11.8 Å². The fourth-order valence-electron chi connectivity index (χ4n) is 3.88. The highest BCUT2D eigenvalue weighted by molar-refractivity contribution is 5.97. The summed E-state index contributed by atoms with van der Waals surface area (Å²) in [7, 11) is 1.86. The van der Waals surface area contributed by atoms with Gasteiger partial charge in [-0.05, 0) is 49.9 Å². The maximum Gasteiger partial charge on any atom is 0.307 e. The normalized spacial score (nSPS) is 23.0. The van der Waals surface area contributed by atoms with E-state index in [1.165, 1.54) is 19.3 Å². The monoisotopic (exact) mass is 358 g/mol. The van der Waals surface area contributed by atoms with E-state index in [0.717, 1.165) is 12.8 Å². The van der Waals surface area contributed by atoms with Crippen LogP contribution in [0, 0.1) is 11.8 Å². The molecule has 0 aliphatic heterocycles. The number of carboxylic acids is 1. The van der Waals surface area contributed by atoms with E-state index in [2.05, 4.69) is 5.32 Å². The van der Waals surface area contributed by atoms with Gasteiger partial charge in [-0.25, -0.2) is 0 Å². The summed E-state index contributed by atoms with van der Waals surface area (Å²) in [6.07, 6.45) is 6.86.